The minimum atomic E-state index is -3.29. The number of nitrogens with zero attached hydrogens (tertiary/aromatic N) is 2. The number of rotatable bonds is 6. The summed E-state index contributed by atoms with van der Waals surface area (Å²) < 4.78 is 44.5. The number of halogens is 1. The van der Waals surface area contributed by atoms with Gasteiger partial charge in [-0.2, -0.15) is 5.10 Å². The van der Waals surface area contributed by atoms with Gasteiger partial charge in [0.2, 0.25) is 0 Å². The van der Waals surface area contributed by atoms with E-state index in [0.29, 0.717) is 17.8 Å². The van der Waals surface area contributed by atoms with Gasteiger partial charge in [-0.3, -0.25) is 4.68 Å². The van der Waals surface area contributed by atoms with Crippen molar-refractivity contribution in [1.82, 2.24) is 9.78 Å². The molecule has 0 bridgehead atoms. The van der Waals surface area contributed by atoms with Crippen molar-refractivity contribution in [2.24, 2.45) is 0 Å². The molecule has 2 aromatic carbocycles. The van der Waals surface area contributed by atoms with Gasteiger partial charge >= 0.3 is 0 Å². The normalized spacial score (nSPS) is 11.4. The van der Waals surface area contributed by atoms with Crippen molar-refractivity contribution < 1.29 is 17.5 Å². The fraction of sp³-hybridized carbons (Fsp3) is 0.190. The lowest BCUT2D eigenvalue weighted by Gasteiger charge is -2.08. The van der Waals surface area contributed by atoms with Crippen LogP contribution in [0, 0.1) is 12.7 Å². The Kier molecular flexibility index (Phi) is 5.38. The minimum Gasteiger partial charge on any atom is -0.494 e. The summed E-state index contributed by atoms with van der Waals surface area (Å²) in [6.45, 7) is 6.16. The van der Waals surface area contributed by atoms with Crippen LogP contribution in [0.3, 0.4) is 0 Å². The lowest BCUT2D eigenvalue weighted by Crippen LogP contribution is -2.00. The number of aromatic nitrogens is 2. The molecule has 7 heteroatoms. The molecule has 0 radical (unpaired) electrons. The Morgan fingerprint density at radius 3 is 2.36 bits per heavy atom. The van der Waals surface area contributed by atoms with Gasteiger partial charge in [-0.05, 0) is 36.8 Å². The Labute approximate surface area is 164 Å². The van der Waals surface area contributed by atoms with E-state index in [1.165, 1.54) is 13.2 Å². The Bertz CT molecular complexity index is 1130. The van der Waals surface area contributed by atoms with Gasteiger partial charge in [0.1, 0.15) is 5.69 Å². The second-order valence-corrected chi connectivity index (χ2v) is 8.44. The first kappa shape index (κ1) is 19.8. The molecule has 0 aliphatic rings. The second kappa shape index (κ2) is 7.59. The molecule has 28 heavy (non-hydrogen) atoms. The van der Waals surface area contributed by atoms with Crippen LogP contribution in [-0.4, -0.2) is 31.6 Å². The zero-order valence-electron chi connectivity index (χ0n) is 15.9. The topological polar surface area (TPSA) is 61.2 Å². The van der Waals surface area contributed by atoms with Crippen LogP contribution in [0.4, 0.5) is 4.39 Å². The van der Waals surface area contributed by atoms with Gasteiger partial charge in [0.25, 0.3) is 0 Å². The van der Waals surface area contributed by atoms with Crippen LogP contribution in [-0.2, 0) is 16.4 Å². The average molecular weight is 400 g/mol. The van der Waals surface area contributed by atoms with Gasteiger partial charge in [-0.25, -0.2) is 12.8 Å². The molecule has 0 aliphatic carbocycles. The maximum atomic E-state index is 14.3. The van der Waals surface area contributed by atoms with Crippen molar-refractivity contribution >= 4 is 9.84 Å². The molecular formula is C21H21FN2O3S. The number of hydrogen-bond donors (Lipinski definition) is 0. The molecule has 0 unspecified atom stereocenters. The standard InChI is InChI=1S/C21H21FN2O3S/c1-5-12-24-14(2)20(16-8-11-19(27-3)18(22)13-16)21(23-24)15-6-9-17(10-7-15)28(4,25)26/h5-11,13H,1,12H2,2-4H3. The maximum absolute atomic E-state index is 14.3. The van der Waals surface area contributed by atoms with Crippen LogP contribution < -0.4 is 4.74 Å². The zero-order valence-corrected chi connectivity index (χ0v) is 16.8. The molecule has 0 saturated carbocycles. The predicted octanol–water partition coefficient (Wildman–Crippen LogP) is 4.26. The predicted molar refractivity (Wildman–Crippen MR) is 108 cm³/mol. The summed E-state index contributed by atoms with van der Waals surface area (Å²) in [7, 11) is -1.87. The monoisotopic (exact) mass is 400 g/mol. The molecule has 146 valence electrons. The van der Waals surface area contributed by atoms with E-state index >= 15 is 0 Å². The van der Waals surface area contributed by atoms with Crippen molar-refractivity contribution in [3.8, 4) is 28.1 Å². The van der Waals surface area contributed by atoms with Gasteiger partial charge in [0.05, 0.1) is 18.6 Å². The third kappa shape index (κ3) is 3.71. The molecule has 1 heterocycles. The molecule has 0 fully saturated rings. The van der Waals surface area contributed by atoms with Crippen LogP contribution in [0.1, 0.15) is 5.69 Å². The van der Waals surface area contributed by atoms with E-state index in [0.717, 1.165) is 23.1 Å². The molecule has 0 spiro atoms. The van der Waals surface area contributed by atoms with Crippen molar-refractivity contribution in [1.29, 1.82) is 0 Å². The highest BCUT2D eigenvalue weighted by Crippen LogP contribution is 2.36. The third-order valence-corrected chi connectivity index (χ3v) is 5.63. The molecule has 0 saturated heterocycles. The van der Waals surface area contributed by atoms with Gasteiger partial charge in [-0.1, -0.05) is 24.3 Å². The number of allylic oxidation sites excluding steroid dienone is 1. The lowest BCUT2D eigenvalue weighted by molar-refractivity contribution is 0.386. The lowest BCUT2D eigenvalue weighted by atomic mass is 9.99. The Balaban J connectivity index is 2.19. The SMILES string of the molecule is C=CCn1nc(-c2ccc(S(C)(=O)=O)cc2)c(-c2ccc(OC)c(F)c2)c1C. The molecule has 3 aromatic rings. The fourth-order valence-electron chi connectivity index (χ4n) is 3.08. The van der Waals surface area contributed by atoms with Crippen LogP contribution in [0.25, 0.3) is 22.4 Å². The van der Waals surface area contributed by atoms with Gasteiger partial charge in [-0.15, -0.1) is 6.58 Å². The Hall–Kier alpha value is -2.93. The fourth-order valence-corrected chi connectivity index (χ4v) is 3.71. The summed E-state index contributed by atoms with van der Waals surface area (Å²) in [6.07, 6.45) is 2.89. The van der Waals surface area contributed by atoms with Crippen molar-refractivity contribution in [3.63, 3.8) is 0 Å². The third-order valence-electron chi connectivity index (χ3n) is 4.50. The highest BCUT2D eigenvalue weighted by molar-refractivity contribution is 7.90. The molecule has 3 rings (SSSR count). The first-order valence-corrected chi connectivity index (χ1v) is 10.5. The number of hydrogen-bond acceptors (Lipinski definition) is 4. The molecule has 0 aliphatic heterocycles. The number of benzene rings is 2. The molecule has 5 nitrogen and oxygen atoms in total. The zero-order chi connectivity index (χ0) is 20.5. The largest absolute Gasteiger partial charge is 0.494 e. The molecule has 0 amide bonds. The van der Waals surface area contributed by atoms with E-state index in [1.807, 2.05) is 6.92 Å². The number of ether oxygens (including phenoxy) is 1. The maximum Gasteiger partial charge on any atom is 0.175 e. The van der Waals surface area contributed by atoms with E-state index in [-0.39, 0.29) is 10.6 Å². The molecule has 0 atom stereocenters. The summed E-state index contributed by atoms with van der Waals surface area (Å²) in [6, 6.07) is 11.3. The van der Waals surface area contributed by atoms with Crippen LogP contribution >= 0.6 is 0 Å². The molecular weight excluding hydrogens is 379 g/mol. The van der Waals surface area contributed by atoms with E-state index in [2.05, 4.69) is 11.7 Å². The van der Waals surface area contributed by atoms with Crippen LogP contribution in [0.2, 0.25) is 0 Å². The van der Waals surface area contributed by atoms with Gasteiger partial charge < -0.3 is 4.74 Å². The molecule has 1 aromatic heterocycles. The molecule has 0 N–H and O–H groups in total. The van der Waals surface area contributed by atoms with Crippen LogP contribution in [0.15, 0.2) is 60.0 Å². The first-order valence-electron chi connectivity index (χ1n) is 8.59. The second-order valence-electron chi connectivity index (χ2n) is 6.43. The summed E-state index contributed by atoms with van der Waals surface area (Å²) in [5.74, 6) is -0.298. The van der Waals surface area contributed by atoms with Gasteiger partial charge in [0, 0.05) is 23.1 Å². The van der Waals surface area contributed by atoms with E-state index in [9.17, 15) is 12.8 Å². The van der Waals surface area contributed by atoms with Gasteiger partial charge in [0.15, 0.2) is 21.4 Å². The van der Waals surface area contributed by atoms with E-state index in [1.54, 1.807) is 47.2 Å². The first-order chi connectivity index (χ1) is 13.3. The summed E-state index contributed by atoms with van der Waals surface area (Å²) in [4.78, 5) is 0.232. The van der Waals surface area contributed by atoms with E-state index in [4.69, 9.17) is 4.74 Å². The summed E-state index contributed by atoms with van der Waals surface area (Å²) >= 11 is 0. The van der Waals surface area contributed by atoms with E-state index < -0.39 is 15.7 Å². The number of sulfone groups is 1. The highest BCUT2D eigenvalue weighted by atomic mass is 32.2. The smallest absolute Gasteiger partial charge is 0.175 e. The Morgan fingerprint density at radius 2 is 1.82 bits per heavy atom. The Morgan fingerprint density at radius 1 is 1.18 bits per heavy atom. The van der Waals surface area contributed by atoms with Crippen molar-refractivity contribution in [3.05, 3.63) is 66.6 Å². The van der Waals surface area contributed by atoms with Crippen molar-refractivity contribution in [2.75, 3.05) is 13.4 Å². The summed E-state index contributed by atoms with van der Waals surface area (Å²) in [5.41, 5.74) is 3.67. The quantitative estimate of drug-likeness (QED) is 0.580. The highest BCUT2D eigenvalue weighted by Gasteiger charge is 2.19. The number of methoxy groups -OCH3 is 1. The average Bonchev–Trinajstić information content (AvgIpc) is 2.98. The van der Waals surface area contributed by atoms with Crippen molar-refractivity contribution in [2.45, 2.75) is 18.4 Å². The van der Waals surface area contributed by atoms with Crippen LogP contribution in [0.5, 0.6) is 5.75 Å². The minimum absolute atomic E-state index is 0.166. The summed E-state index contributed by atoms with van der Waals surface area (Å²) in [5, 5.41) is 4.65.